The number of benzene rings is 1. The van der Waals surface area contributed by atoms with Gasteiger partial charge < -0.3 is 15.2 Å². The number of nitrogens with one attached hydrogen (secondary N) is 1. The lowest BCUT2D eigenvalue weighted by Gasteiger charge is -2.19. The lowest BCUT2D eigenvalue weighted by atomic mass is 9.94. The van der Waals surface area contributed by atoms with Gasteiger partial charge in [-0.25, -0.2) is 4.39 Å². The molecule has 0 atom stereocenters. The Bertz CT molecular complexity index is 499. The zero-order valence-electron chi connectivity index (χ0n) is 11.0. The maximum absolute atomic E-state index is 13.4. The fourth-order valence-electron chi connectivity index (χ4n) is 1.29. The third-order valence-electron chi connectivity index (χ3n) is 2.68. The van der Waals surface area contributed by atoms with Crippen molar-refractivity contribution >= 4 is 11.9 Å². The van der Waals surface area contributed by atoms with E-state index in [2.05, 4.69) is 5.32 Å². The molecule has 0 heterocycles. The molecule has 2 N–H and O–H groups in total. The molecule has 1 amide bonds. The number of hydrogen-bond donors (Lipinski definition) is 2. The Kier molecular flexibility index (Phi) is 4.47. The molecule has 0 aliphatic rings. The highest BCUT2D eigenvalue weighted by molar-refractivity contribution is 5.94. The lowest BCUT2D eigenvalue weighted by Crippen LogP contribution is -2.38. The molecule has 0 aliphatic heterocycles. The van der Waals surface area contributed by atoms with Crippen molar-refractivity contribution in [2.75, 3.05) is 13.7 Å². The number of carbonyl (C=O) groups is 2. The highest BCUT2D eigenvalue weighted by Crippen LogP contribution is 2.18. The molecular formula is C13H16FNO4. The minimum atomic E-state index is -1.08. The molecule has 1 rings (SSSR count). The number of aliphatic carboxylic acids is 1. The molecule has 0 aromatic heterocycles. The largest absolute Gasteiger partial charge is 0.494 e. The van der Waals surface area contributed by atoms with E-state index in [9.17, 15) is 14.0 Å². The molecule has 0 bridgehead atoms. The molecule has 0 unspecified atom stereocenters. The van der Waals surface area contributed by atoms with E-state index in [1.807, 2.05) is 0 Å². The standard InChI is InChI=1S/C13H16FNO4/c1-13(2,12(17)18)7-15-11(16)8-4-5-10(19-3)9(14)6-8/h4-6H,7H2,1-3H3,(H,15,16)(H,17,18). The number of amides is 1. The monoisotopic (exact) mass is 269 g/mol. The fraction of sp³-hybridized carbons (Fsp3) is 0.385. The highest BCUT2D eigenvalue weighted by Gasteiger charge is 2.27. The normalized spacial score (nSPS) is 10.9. The molecular weight excluding hydrogens is 253 g/mol. The van der Waals surface area contributed by atoms with Crippen LogP contribution in [0.2, 0.25) is 0 Å². The maximum Gasteiger partial charge on any atom is 0.310 e. The zero-order valence-corrected chi connectivity index (χ0v) is 11.0. The molecule has 5 nitrogen and oxygen atoms in total. The number of methoxy groups -OCH3 is 1. The van der Waals surface area contributed by atoms with Crippen molar-refractivity contribution < 1.29 is 23.8 Å². The highest BCUT2D eigenvalue weighted by atomic mass is 19.1. The molecule has 0 saturated carbocycles. The Morgan fingerprint density at radius 3 is 2.53 bits per heavy atom. The summed E-state index contributed by atoms with van der Waals surface area (Å²) < 4.78 is 18.2. The smallest absolute Gasteiger partial charge is 0.310 e. The Balaban J connectivity index is 2.74. The third kappa shape index (κ3) is 3.67. The van der Waals surface area contributed by atoms with E-state index in [4.69, 9.17) is 9.84 Å². The van der Waals surface area contributed by atoms with Gasteiger partial charge >= 0.3 is 5.97 Å². The van der Waals surface area contributed by atoms with Crippen LogP contribution in [0.1, 0.15) is 24.2 Å². The Labute approximate surface area is 110 Å². The topological polar surface area (TPSA) is 75.6 Å². The van der Waals surface area contributed by atoms with E-state index in [1.54, 1.807) is 0 Å². The predicted octanol–water partition coefficient (Wildman–Crippen LogP) is 1.67. The van der Waals surface area contributed by atoms with Crippen LogP contribution in [-0.4, -0.2) is 30.6 Å². The number of carboxylic acids is 1. The second-order valence-corrected chi connectivity index (χ2v) is 4.72. The van der Waals surface area contributed by atoms with E-state index in [1.165, 1.54) is 33.1 Å². The quantitative estimate of drug-likeness (QED) is 0.852. The van der Waals surface area contributed by atoms with Crippen LogP contribution in [0.5, 0.6) is 5.75 Å². The molecule has 0 aliphatic carbocycles. The van der Waals surface area contributed by atoms with E-state index in [-0.39, 0.29) is 17.9 Å². The molecule has 1 aromatic rings. The summed E-state index contributed by atoms with van der Waals surface area (Å²) in [4.78, 5) is 22.6. The van der Waals surface area contributed by atoms with Gasteiger partial charge in [-0.3, -0.25) is 9.59 Å². The summed E-state index contributed by atoms with van der Waals surface area (Å²) in [5.41, 5.74) is -0.972. The number of ether oxygens (including phenoxy) is 1. The molecule has 19 heavy (non-hydrogen) atoms. The summed E-state index contributed by atoms with van der Waals surface area (Å²) in [5.74, 6) is -2.15. The first-order chi connectivity index (χ1) is 8.77. The Morgan fingerprint density at radius 2 is 2.05 bits per heavy atom. The van der Waals surface area contributed by atoms with Crippen LogP contribution in [0.3, 0.4) is 0 Å². The van der Waals surface area contributed by atoms with Gasteiger partial charge in [-0.15, -0.1) is 0 Å². The maximum atomic E-state index is 13.4. The van der Waals surface area contributed by atoms with Crippen molar-refractivity contribution in [3.05, 3.63) is 29.6 Å². The van der Waals surface area contributed by atoms with Crippen molar-refractivity contribution in [3.8, 4) is 5.75 Å². The van der Waals surface area contributed by atoms with Crippen LogP contribution in [0, 0.1) is 11.2 Å². The van der Waals surface area contributed by atoms with Gasteiger partial charge in [0.15, 0.2) is 11.6 Å². The summed E-state index contributed by atoms with van der Waals surface area (Å²) in [5, 5.41) is 11.4. The first-order valence-corrected chi connectivity index (χ1v) is 5.63. The summed E-state index contributed by atoms with van der Waals surface area (Å²) in [6.45, 7) is 2.93. The van der Waals surface area contributed by atoms with Crippen molar-refractivity contribution in [1.29, 1.82) is 0 Å². The van der Waals surface area contributed by atoms with Gasteiger partial charge in [-0.05, 0) is 32.0 Å². The van der Waals surface area contributed by atoms with Gasteiger partial charge in [-0.2, -0.15) is 0 Å². The summed E-state index contributed by atoms with van der Waals surface area (Å²) in [6, 6.07) is 3.79. The molecule has 0 spiro atoms. The van der Waals surface area contributed by atoms with Crippen LogP contribution in [0.25, 0.3) is 0 Å². The number of carboxylic acid groups (broad SMARTS) is 1. The lowest BCUT2D eigenvalue weighted by molar-refractivity contribution is -0.146. The number of carbonyl (C=O) groups excluding carboxylic acids is 1. The van der Waals surface area contributed by atoms with Crippen LogP contribution in [-0.2, 0) is 4.79 Å². The predicted molar refractivity (Wildman–Crippen MR) is 66.7 cm³/mol. The summed E-state index contributed by atoms with van der Waals surface area (Å²) >= 11 is 0. The van der Waals surface area contributed by atoms with Crippen LogP contribution in [0.4, 0.5) is 4.39 Å². The summed E-state index contributed by atoms with van der Waals surface area (Å²) in [6.07, 6.45) is 0. The van der Waals surface area contributed by atoms with Crippen molar-refractivity contribution in [2.24, 2.45) is 5.41 Å². The van der Waals surface area contributed by atoms with Crippen LogP contribution < -0.4 is 10.1 Å². The molecule has 0 radical (unpaired) electrons. The van der Waals surface area contributed by atoms with Gasteiger partial charge in [0.2, 0.25) is 0 Å². The van der Waals surface area contributed by atoms with Gasteiger partial charge in [0.05, 0.1) is 12.5 Å². The van der Waals surface area contributed by atoms with E-state index in [0.717, 1.165) is 6.07 Å². The Morgan fingerprint density at radius 1 is 1.42 bits per heavy atom. The van der Waals surface area contributed by atoms with Gasteiger partial charge in [0.1, 0.15) is 0 Å². The molecule has 0 fully saturated rings. The third-order valence-corrected chi connectivity index (χ3v) is 2.68. The van der Waals surface area contributed by atoms with E-state index >= 15 is 0 Å². The zero-order chi connectivity index (χ0) is 14.6. The summed E-state index contributed by atoms with van der Waals surface area (Å²) in [7, 11) is 1.33. The average molecular weight is 269 g/mol. The molecule has 6 heteroatoms. The average Bonchev–Trinajstić information content (AvgIpc) is 2.35. The van der Waals surface area contributed by atoms with Crippen molar-refractivity contribution in [1.82, 2.24) is 5.32 Å². The Hall–Kier alpha value is -2.11. The minimum Gasteiger partial charge on any atom is -0.494 e. The second kappa shape index (κ2) is 5.69. The second-order valence-electron chi connectivity index (χ2n) is 4.72. The minimum absolute atomic E-state index is 0.0439. The van der Waals surface area contributed by atoms with Gasteiger partial charge in [0, 0.05) is 12.1 Å². The van der Waals surface area contributed by atoms with Crippen LogP contribution >= 0.6 is 0 Å². The van der Waals surface area contributed by atoms with Gasteiger partial charge in [-0.1, -0.05) is 0 Å². The SMILES string of the molecule is COc1ccc(C(=O)NCC(C)(C)C(=O)O)cc1F. The van der Waals surface area contributed by atoms with Crippen molar-refractivity contribution in [2.45, 2.75) is 13.8 Å². The molecule has 104 valence electrons. The number of hydrogen-bond acceptors (Lipinski definition) is 3. The molecule has 0 saturated heterocycles. The molecule has 1 aromatic carbocycles. The first-order valence-electron chi connectivity index (χ1n) is 5.63. The van der Waals surface area contributed by atoms with Crippen molar-refractivity contribution in [3.63, 3.8) is 0 Å². The van der Waals surface area contributed by atoms with E-state index in [0.29, 0.717) is 0 Å². The first kappa shape index (κ1) is 14.9. The number of rotatable bonds is 5. The number of halogens is 1. The van der Waals surface area contributed by atoms with Gasteiger partial charge in [0.25, 0.3) is 5.91 Å². The fourth-order valence-corrected chi connectivity index (χ4v) is 1.29. The van der Waals surface area contributed by atoms with E-state index < -0.39 is 23.1 Å². The van der Waals surface area contributed by atoms with Crippen LogP contribution in [0.15, 0.2) is 18.2 Å².